The van der Waals surface area contributed by atoms with Crippen molar-refractivity contribution in [2.45, 2.75) is 32.7 Å². The van der Waals surface area contributed by atoms with Gasteiger partial charge < -0.3 is 5.11 Å². The SMILES string of the molecule is CCn1nc(C)c(Cl)c1CC(C(=O)O)c1cccc(F)c1. The molecule has 0 fully saturated rings. The second kappa shape index (κ2) is 6.26. The fourth-order valence-electron chi connectivity index (χ4n) is 2.33. The zero-order chi connectivity index (χ0) is 15.6. The van der Waals surface area contributed by atoms with Gasteiger partial charge in [0, 0.05) is 13.0 Å². The highest BCUT2D eigenvalue weighted by Gasteiger charge is 2.25. The Labute approximate surface area is 127 Å². The van der Waals surface area contributed by atoms with Crippen molar-refractivity contribution < 1.29 is 14.3 Å². The summed E-state index contributed by atoms with van der Waals surface area (Å²) >= 11 is 6.21. The molecule has 0 radical (unpaired) electrons. The lowest BCUT2D eigenvalue weighted by Crippen LogP contribution is -2.17. The van der Waals surface area contributed by atoms with Crippen LogP contribution in [0.2, 0.25) is 5.02 Å². The number of benzene rings is 1. The molecule has 1 aromatic carbocycles. The fourth-order valence-corrected chi connectivity index (χ4v) is 2.54. The summed E-state index contributed by atoms with van der Waals surface area (Å²) in [5.74, 6) is -2.33. The number of nitrogens with zero attached hydrogens (tertiary/aromatic N) is 2. The van der Waals surface area contributed by atoms with Crippen molar-refractivity contribution in [3.05, 3.63) is 52.1 Å². The lowest BCUT2D eigenvalue weighted by atomic mass is 9.94. The van der Waals surface area contributed by atoms with Crippen molar-refractivity contribution in [3.8, 4) is 0 Å². The number of carboxylic acid groups (broad SMARTS) is 1. The van der Waals surface area contributed by atoms with E-state index in [-0.39, 0.29) is 6.42 Å². The first-order valence-electron chi connectivity index (χ1n) is 6.64. The number of halogens is 2. The molecular formula is C15H16ClFN2O2. The molecule has 1 N–H and O–H groups in total. The number of aryl methyl sites for hydroxylation is 2. The number of carboxylic acids is 1. The largest absolute Gasteiger partial charge is 0.481 e. The van der Waals surface area contributed by atoms with Gasteiger partial charge in [0.15, 0.2) is 0 Å². The van der Waals surface area contributed by atoms with Crippen molar-refractivity contribution in [2.24, 2.45) is 0 Å². The number of hydrogen-bond donors (Lipinski definition) is 1. The average Bonchev–Trinajstić information content (AvgIpc) is 2.71. The topological polar surface area (TPSA) is 55.1 Å². The number of carbonyl (C=O) groups is 1. The van der Waals surface area contributed by atoms with Gasteiger partial charge in [0.1, 0.15) is 5.82 Å². The van der Waals surface area contributed by atoms with E-state index in [9.17, 15) is 14.3 Å². The summed E-state index contributed by atoms with van der Waals surface area (Å²) in [4.78, 5) is 11.5. The summed E-state index contributed by atoms with van der Waals surface area (Å²) in [6.07, 6.45) is 0.173. The molecule has 4 nitrogen and oxygen atoms in total. The van der Waals surface area contributed by atoms with E-state index in [1.165, 1.54) is 18.2 Å². The van der Waals surface area contributed by atoms with Gasteiger partial charge in [-0.2, -0.15) is 5.10 Å². The van der Waals surface area contributed by atoms with E-state index in [0.717, 1.165) is 0 Å². The van der Waals surface area contributed by atoms with E-state index in [0.29, 0.717) is 28.5 Å². The monoisotopic (exact) mass is 310 g/mol. The smallest absolute Gasteiger partial charge is 0.311 e. The van der Waals surface area contributed by atoms with Crippen molar-refractivity contribution in [1.29, 1.82) is 0 Å². The Morgan fingerprint density at radius 2 is 2.24 bits per heavy atom. The molecule has 2 aromatic rings. The molecule has 0 saturated heterocycles. The van der Waals surface area contributed by atoms with Crippen LogP contribution in [-0.2, 0) is 17.8 Å². The van der Waals surface area contributed by atoms with Gasteiger partial charge in [0.25, 0.3) is 0 Å². The lowest BCUT2D eigenvalue weighted by molar-refractivity contribution is -0.138. The fraction of sp³-hybridized carbons (Fsp3) is 0.333. The summed E-state index contributed by atoms with van der Waals surface area (Å²) < 4.78 is 15.0. The number of aromatic nitrogens is 2. The maximum atomic E-state index is 13.3. The minimum atomic E-state index is -1.02. The number of hydrogen-bond acceptors (Lipinski definition) is 2. The van der Waals surface area contributed by atoms with Crippen LogP contribution in [0.3, 0.4) is 0 Å². The van der Waals surface area contributed by atoms with Crippen LogP contribution in [-0.4, -0.2) is 20.9 Å². The summed E-state index contributed by atoms with van der Waals surface area (Å²) in [6, 6.07) is 5.64. The normalized spacial score (nSPS) is 12.4. The zero-order valence-corrected chi connectivity index (χ0v) is 12.6. The van der Waals surface area contributed by atoms with E-state index in [2.05, 4.69) is 5.10 Å². The van der Waals surface area contributed by atoms with Gasteiger partial charge in [-0.3, -0.25) is 9.48 Å². The quantitative estimate of drug-likeness (QED) is 0.920. The molecule has 1 aromatic heterocycles. The molecule has 0 aliphatic rings. The van der Waals surface area contributed by atoms with Crippen molar-refractivity contribution in [2.75, 3.05) is 0 Å². The molecule has 1 unspecified atom stereocenters. The first-order chi connectivity index (χ1) is 9.93. The summed E-state index contributed by atoms with van der Waals surface area (Å²) in [7, 11) is 0. The van der Waals surface area contributed by atoms with Crippen molar-refractivity contribution >= 4 is 17.6 Å². The first kappa shape index (κ1) is 15.5. The molecule has 1 heterocycles. The summed E-state index contributed by atoms with van der Waals surface area (Å²) in [5, 5.41) is 14.2. The predicted molar refractivity (Wildman–Crippen MR) is 78.1 cm³/mol. The Morgan fingerprint density at radius 1 is 1.52 bits per heavy atom. The van der Waals surface area contributed by atoms with Gasteiger partial charge in [-0.1, -0.05) is 23.7 Å². The second-order valence-corrected chi connectivity index (χ2v) is 5.19. The standard InChI is InChI=1S/C15H16ClFN2O2/c1-3-19-13(14(16)9(2)18-19)8-12(15(20)21)10-5-4-6-11(17)7-10/h4-7,12H,3,8H2,1-2H3,(H,20,21). The molecule has 6 heteroatoms. The van der Waals surface area contributed by atoms with E-state index in [1.54, 1.807) is 17.7 Å². The highest BCUT2D eigenvalue weighted by molar-refractivity contribution is 6.31. The Kier molecular flexibility index (Phi) is 4.63. The van der Waals surface area contributed by atoms with Crippen LogP contribution < -0.4 is 0 Å². The third kappa shape index (κ3) is 3.24. The minimum Gasteiger partial charge on any atom is -0.481 e. The Balaban J connectivity index is 2.40. The third-order valence-corrected chi connectivity index (χ3v) is 3.89. The van der Waals surface area contributed by atoms with Crippen LogP contribution in [0, 0.1) is 12.7 Å². The minimum absolute atomic E-state index is 0.173. The van der Waals surface area contributed by atoms with Gasteiger partial charge in [-0.05, 0) is 31.5 Å². The van der Waals surface area contributed by atoms with Crippen molar-refractivity contribution in [1.82, 2.24) is 9.78 Å². The van der Waals surface area contributed by atoms with Crippen molar-refractivity contribution in [3.63, 3.8) is 0 Å². The van der Waals surface area contributed by atoms with Gasteiger partial charge in [0.2, 0.25) is 0 Å². The number of rotatable bonds is 5. The molecular weight excluding hydrogens is 295 g/mol. The molecule has 0 amide bonds. The summed E-state index contributed by atoms with van der Waals surface area (Å²) in [6.45, 7) is 4.28. The van der Waals surface area contributed by atoms with Gasteiger partial charge in [0.05, 0.1) is 22.3 Å². The molecule has 0 bridgehead atoms. The first-order valence-corrected chi connectivity index (χ1v) is 7.01. The number of aliphatic carboxylic acids is 1. The van der Waals surface area contributed by atoms with Crippen LogP contribution >= 0.6 is 11.6 Å². The van der Waals surface area contributed by atoms with E-state index in [1.807, 2.05) is 6.92 Å². The molecule has 0 spiro atoms. The Morgan fingerprint density at radius 3 is 2.81 bits per heavy atom. The van der Waals surface area contributed by atoms with Crippen LogP contribution in [0.1, 0.15) is 29.8 Å². The van der Waals surface area contributed by atoms with Crippen LogP contribution in [0.5, 0.6) is 0 Å². The van der Waals surface area contributed by atoms with Gasteiger partial charge in [-0.15, -0.1) is 0 Å². The highest BCUT2D eigenvalue weighted by Crippen LogP contribution is 2.28. The molecule has 1 atom stereocenters. The van der Waals surface area contributed by atoms with E-state index in [4.69, 9.17) is 11.6 Å². The highest BCUT2D eigenvalue weighted by atomic mass is 35.5. The van der Waals surface area contributed by atoms with E-state index < -0.39 is 17.7 Å². The summed E-state index contributed by atoms with van der Waals surface area (Å²) in [5.41, 5.74) is 1.74. The average molecular weight is 311 g/mol. The lowest BCUT2D eigenvalue weighted by Gasteiger charge is -2.14. The molecule has 21 heavy (non-hydrogen) atoms. The van der Waals surface area contributed by atoms with Crippen LogP contribution in [0.15, 0.2) is 24.3 Å². The predicted octanol–water partition coefficient (Wildman–Crippen LogP) is 3.41. The van der Waals surface area contributed by atoms with Crippen LogP contribution in [0.25, 0.3) is 0 Å². The zero-order valence-electron chi connectivity index (χ0n) is 11.8. The Bertz CT molecular complexity index is 670. The van der Waals surface area contributed by atoms with Crippen LogP contribution in [0.4, 0.5) is 4.39 Å². The second-order valence-electron chi connectivity index (χ2n) is 4.81. The van der Waals surface area contributed by atoms with Gasteiger partial charge in [-0.25, -0.2) is 4.39 Å². The maximum Gasteiger partial charge on any atom is 0.311 e. The van der Waals surface area contributed by atoms with Gasteiger partial charge >= 0.3 is 5.97 Å². The molecule has 0 aliphatic carbocycles. The maximum absolute atomic E-state index is 13.3. The third-order valence-electron chi connectivity index (χ3n) is 3.40. The molecule has 0 saturated carbocycles. The van der Waals surface area contributed by atoms with E-state index >= 15 is 0 Å². The molecule has 112 valence electrons. The molecule has 2 rings (SSSR count). The molecule has 0 aliphatic heterocycles. The Hall–Kier alpha value is -1.88.